The minimum atomic E-state index is -0.240. The van der Waals surface area contributed by atoms with Crippen LogP contribution in [0.5, 0.6) is 0 Å². The van der Waals surface area contributed by atoms with E-state index in [1.165, 1.54) is 51.4 Å². The minimum absolute atomic E-state index is 0.240. The Morgan fingerprint density at radius 1 is 1.05 bits per heavy atom. The van der Waals surface area contributed by atoms with E-state index in [9.17, 15) is 0 Å². The van der Waals surface area contributed by atoms with Gasteiger partial charge in [-0.05, 0) is 56.3 Å². The van der Waals surface area contributed by atoms with Crippen LogP contribution in [-0.4, -0.2) is 12.7 Å². The second-order valence-electron chi connectivity index (χ2n) is 6.75. The van der Waals surface area contributed by atoms with Crippen LogP contribution < -0.4 is 0 Å². The smallest absolute Gasteiger partial charge is 0.128 e. The van der Waals surface area contributed by atoms with Crippen molar-refractivity contribution < 1.29 is 4.74 Å². The molecular formula is C18H30O. The Hall–Kier alpha value is -0.480. The van der Waals surface area contributed by atoms with Gasteiger partial charge in [0.2, 0.25) is 0 Å². The Balaban J connectivity index is 1.78. The highest BCUT2D eigenvalue weighted by molar-refractivity contribution is 5.10. The molecule has 1 heteroatoms. The van der Waals surface area contributed by atoms with Crippen molar-refractivity contribution in [2.75, 3.05) is 7.11 Å². The third kappa shape index (κ3) is 3.54. The van der Waals surface area contributed by atoms with Crippen LogP contribution in [0.25, 0.3) is 0 Å². The maximum absolute atomic E-state index is 5.65. The van der Waals surface area contributed by atoms with E-state index in [4.69, 9.17) is 11.2 Å². The van der Waals surface area contributed by atoms with Crippen LogP contribution in [0.1, 0.15) is 71.1 Å². The fourth-order valence-electron chi connectivity index (χ4n) is 4.34. The van der Waals surface area contributed by atoms with Crippen molar-refractivity contribution in [3.05, 3.63) is 0 Å². The van der Waals surface area contributed by atoms with Gasteiger partial charge in [-0.25, -0.2) is 0 Å². The summed E-state index contributed by atoms with van der Waals surface area (Å²) in [6.45, 7) is 2.32. The van der Waals surface area contributed by atoms with Crippen molar-refractivity contribution in [3.8, 4) is 12.3 Å². The summed E-state index contributed by atoms with van der Waals surface area (Å²) in [5, 5.41) is 0. The maximum atomic E-state index is 5.65. The van der Waals surface area contributed by atoms with Crippen molar-refractivity contribution in [2.45, 2.75) is 76.7 Å². The van der Waals surface area contributed by atoms with E-state index in [0.29, 0.717) is 0 Å². The van der Waals surface area contributed by atoms with Gasteiger partial charge in [0.1, 0.15) is 5.60 Å². The van der Waals surface area contributed by atoms with Crippen LogP contribution in [0.3, 0.4) is 0 Å². The van der Waals surface area contributed by atoms with Gasteiger partial charge in [0.25, 0.3) is 0 Å². The van der Waals surface area contributed by atoms with Crippen LogP contribution in [-0.2, 0) is 4.74 Å². The molecule has 0 radical (unpaired) electrons. The molecule has 0 aliphatic heterocycles. The zero-order valence-corrected chi connectivity index (χ0v) is 12.8. The molecule has 2 aliphatic rings. The standard InChI is InChI=1S/C18H30O/c1-4-6-15-7-9-16(10-8-15)17-11-13-18(5-2,19-3)14-12-17/h2,15-17H,4,6-14H2,1,3H3. The van der Waals surface area contributed by atoms with Crippen LogP contribution in [0.4, 0.5) is 0 Å². The summed E-state index contributed by atoms with van der Waals surface area (Å²) in [5.74, 6) is 5.80. The van der Waals surface area contributed by atoms with E-state index >= 15 is 0 Å². The number of hydrogen-bond acceptors (Lipinski definition) is 1. The largest absolute Gasteiger partial charge is 0.366 e. The van der Waals surface area contributed by atoms with Crippen molar-refractivity contribution in [2.24, 2.45) is 17.8 Å². The Kier molecular flexibility index (Phi) is 5.34. The first-order chi connectivity index (χ1) is 9.23. The first-order valence-corrected chi connectivity index (χ1v) is 8.26. The molecule has 0 atom stereocenters. The van der Waals surface area contributed by atoms with Gasteiger partial charge < -0.3 is 4.74 Å². The maximum Gasteiger partial charge on any atom is 0.128 e. The van der Waals surface area contributed by atoms with Gasteiger partial charge in [-0.3, -0.25) is 0 Å². The van der Waals surface area contributed by atoms with Crippen molar-refractivity contribution >= 4 is 0 Å². The predicted molar refractivity (Wildman–Crippen MR) is 80.9 cm³/mol. The summed E-state index contributed by atoms with van der Waals surface area (Å²) in [6.07, 6.45) is 19.0. The Morgan fingerprint density at radius 2 is 1.63 bits per heavy atom. The molecule has 108 valence electrons. The van der Waals surface area contributed by atoms with Gasteiger partial charge in [0, 0.05) is 7.11 Å². The normalized spacial score (nSPS) is 39.7. The molecule has 1 nitrogen and oxygen atoms in total. The quantitative estimate of drug-likeness (QED) is 0.661. The van der Waals surface area contributed by atoms with Gasteiger partial charge in [-0.1, -0.05) is 38.5 Å². The molecule has 0 aromatic carbocycles. The number of ether oxygens (including phenoxy) is 1. The summed E-state index contributed by atoms with van der Waals surface area (Å²) in [7, 11) is 1.77. The highest BCUT2D eigenvalue weighted by Gasteiger charge is 2.37. The molecule has 2 aliphatic carbocycles. The second-order valence-corrected chi connectivity index (χ2v) is 6.75. The summed E-state index contributed by atoms with van der Waals surface area (Å²) in [4.78, 5) is 0. The first kappa shape index (κ1) is 14.9. The number of hydrogen-bond donors (Lipinski definition) is 0. The van der Waals surface area contributed by atoms with E-state index in [1.54, 1.807) is 7.11 Å². The van der Waals surface area contributed by atoms with Crippen molar-refractivity contribution in [1.82, 2.24) is 0 Å². The average molecular weight is 262 g/mol. The molecule has 0 N–H and O–H groups in total. The zero-order valence-electron chi connectivity index (χ0n) is 12.8. The molecule has 0 aromatic heterocycles. The topological polar surface area (TPSA) is 9.23 Å². The minimum Gasteiger partial charge on any atom is -0.366 e. The van der Waals surface area contributed by atoms with E-state index in [1.807, 2.05) is 0 Å². The van der Waals surface area contributed by atoms with Gasteiger partial charge in [0.15, 0.2) is 0 Å². The van der Waals surface area contributed by atoms with E-state index < -0.39 is 0 Å². The lowest BCUT2D eigenvalue weighted by Gasteiger charge is -2.40. The second kappa shape index (κ2) is 6.80. The van der Waals surface area contributed by atoms with Crippen LogP contribution in [0, 0.1) is 30.1 Å². The lowest BCUT2D eigenvalue weighted by molar-refractivity contribution is -0.0126. The summed E-state index contributed by atoms with van der Waals surface area (Å²) < 4.78 is 5.58. The Labute approximate surface area is 119 Å². The molecule has 2 rings (SSSR count). The lowest BCUT2D eigenvalue weighted by atomic mass is 9.68. The molecule has 0 spiro atoms. The third-order valence-electron chi connectivity index (χ3n) is 5.75. The van der Waals surface area contributed by atoms with Crippen LogP contribution >= 0.6 is 0 Å². The van der Waals surface area contributed by atoms with E-state index in [0.717, 1.165) is 30.6 Å². The zero-order chi connectivity index (χ0) is 13.7. The SMILES string of the molecule is C#CC1(OC)CCC(C2CCC(CCC)CC2)CC1. The average Bonchev–Trinajstić information content (AvgIpc) is 2.49. The first-order valence-electron chi connectivity index (χ1n) is 8.26. The van der Waals surface area contributed by atoms with Crippen molar-refractivity contribution in [1.29, 1.82) is 0 Å². The van der Waals surface area contributed by atoms with Crippen LogP contribution in [0.15, 0.2) is 0 Å². The molecule has 19 heavy (non-hydrogen) atoms. The monoisotopic (exact) mass is 262 g/mol. The van der Waals surface area contributed by atoms with Crippen LogP contribution in [0.2, 0.25) is 0 Å². The molecule has 2 fully saturated rings. The molecule has 0 saturated heterocycles. The predicted octanol–water partition coefficient (Wildman–Crippen LogP) is 4.80. The van der Waals surface area contributed by atoms with Gasteiger partial charge in [-0.15, -0.1) is 6.42 Å². The fourth-order valence-corrected chi connectivity index (χ4v) is 4.34. The third-order valence-corrected chi connectivity index (χ3v) is 5.75. The molecular weight excluding hydrogens is 232 g/mol. The number of terminal acetylenes is 1. The highest BCUT2D eigenvalue weighted by atomic mass is 16.5. The van der Waals surface area contributed by atoms with Crippen molar-refractivity contribution in [3.63, 3.8) is 0 Å². The van der Waals surface area contributed by atoms with E-state index in [-0.39, 0.29) is 5.60 Å². The molecule has 0 heterocycles. The van der Waals surface area contributed by atoms with E-state index in [2.05, 4.69) is 12.8 Å². The summed E-state index contributed by atoms with van der Waals surface area (Å²) >= 11 is 0. The molecule has 0 amide bonds. The van der Waals surface area contributed by atoms with Gasteiger partial charge >= 0.3 is 0 Å². The van der Waals surface area contributed by atoms with Gasteiger partial charge in [0.05, 0.1) is 0 Å². The summed E-state index contributed by atoms with van der Waals surface area (Å²) in [5.41, 5.74) is -0.240. The highest BCUT2D eigenvalue weighted by Crippen LogP contribution is 2.43. The summed E-state index contributed by atoms with van der Waals surface area (Å²) in [6, 6.07) is 0. The molecule has 0 unspecified atom stereocenters. The molecule has 0 bridgehead atoms. The molecule has 2 saturated carbocycles. The fraction of sp³-hybridized carbons (Fsp3) is 0.889. The molecule has 0 aromatic rings. The lowest BCUT2D eigenvalue weighted by Crippen LogP contribution is -2.37. The number of rotatable bonds is 4. The Bertz CT molecular complexity index is 298. The number of methoxy groups -OCH3 is 1. The van der Waals surface area contributed by atoms with Gasteiger partial charge in [-0.2, -0.15) is 0 Å². The Morgan fingerprint density at radius 3 is 2.11 bits per heavy atom.